The Labute approximate surface area is 226 Å². The molecular weight excluding hydrogens is 488 g/mol. The first kappa shape index (κ1) is 24.6. The van der Waals surface area contributed by atoms with E-state index in [1.807, 2.05) is 41.5 Å². The number of rotatable bonds is 6. The highest BCUT2D eigenvalue weighted by Crippen LogP contribution is 2.34. The van der Waals surface area contributed by atoms with E-state index in [2.05, 4.69) is 71.7 Å². The van der Waals surface area contributed by atoms with Crippen molar-refractivity contribution in [3.8, 4) is 34.0 Å². The molecule has 0 N–H and O–H groups in total. The summed E-state index contributed by atoms with van der Waals surface area (Å²) in [6.07, 6.45) is 5.53. The maximum absolute atomic E-state index is 5.35. The lowest BCUT2D eigenvalue weighted by atomic mass is 10.0. The molecule has 2 aromatic carbocycles. The van der Waals surface area contributed by atoms with Crippen LogP contribution >= 0.6 is 0 Å². The van der Waals surface area contributed by atoms with Crippen LogP contribution < -0.4 is 9.47 Å². The van der Waals surface area contributed by atoms with Crippen LogP contribution in [0.15, 0.2) is 79.4 Å². The molecule has 196 valence electrons. The molecule has 4 aromatic heterocycles. The molecule has 0 fully saturated rings. The van der Waals surface area contributed by atoms with Crippen LogP contribution in [0, 0.1) is 0 Å². The Bertz CT molecular complexity index is 1790. The number of imidazole rings is 1. The average molecular weight is 519 g/mol. The van der Waals surface area contributed by atoms with E-state index in [0.29, 0.717) is 12.4 Å². The van der Waals surface area contributed by atoms with Gasteiger partial charge in [-0.15, -0.1) is 0 Å². The minimum absolute atomic E-state index is 0.0989. The monoisotopic (exact) mass is 518 g/mol. The Balaban J connectivity index is 1.53. The SMILES string of the molecule is COc1ccc(Cn2nc(-c3ccc4ncn(C(C)(C)C)c4c3)c3cc(-c4ccnc(OC)c4)cnc32)cc1. The summed E-state index contributed by atoms with van der Waals surface area (Å²) >= 11 is 0. The molecule has 0 aliphatic carbocycles. The van der Waals surface area contributed by atoms with Gasteiger partial charge < -0.3 is 14.0 Å². The second kappa shape index (κ2) is 9.54. The molecule has 6 rings (SSSR count). The molecule has 0 aliphatic heterocycles. The number of fused-ring (bicyclic) bond motifs is 2. The zero-order chi connectivity index (χ0) is 27.1. The van der Waals surface area contributed by atoms with Crippen molar-refractivity contribution in [2.75, 3.05) is 14.2 Å². The largest absolute Gasteiger partial charge is 0.497 e. The summed E-state index contributed by atoms with van der Waals surface area (Å²) in [7, 11) is 3.29. The smallest absolute Gasteiger partial charge is 0.213 e. The molecule has 8 heteroatoms. The van der Waals surface area contributed by atoms with Gasteiger partial charge >= 0.3 is 0 Å². The summed E-state index contributed by atoms with van der Waals surface area (Å²) in [5.74, 6) is 1.38. The summed E-state index contributed by atoms with van der Waals surface area (Å²) in [4.78, 5) is 13.8. The topological polar surface area (TPSA) is 79.9 Å². The first-order chi connectivity index (χ1) is 18.8. The lowest BCUT2D eigenvalue weighted by Gasteiger charge is -2.21. The first-order valence-electron chi connectivity index (χ1n) is 12.8. The van der Waals surface area contributed by atoms with E-state index in [-0.39, 0.29) is 5.54 Å². The highest BCUT2D eigenvalue weighted by Gasteiger charge is 2.20. The molecule has 0 saturated heterocycles. The summed E-state index contributed by atoms with van der Waals surface area (Å²) in [5.41, 5.74) is 7.68. The third-order valence-electron chi connectivity index (χ3n) is 6.90. The number of methoxy groups -OCH3 is 2. The summed E-state index contributed by atoms with van der Waals surface area (Å²) in [5, 5.41) is 6.08. The van der Waals surface area contributed by atoms with E-state index in [0.717, 1.165) is 55.8 Å². The fraction of sp³-hybridized carbons (Fsp3) is 0.226. The third kappa shape index (κ3) is 4.58. The fourth-order valence-electron chi connectivity index (χ4n) is 4.83. The van der Waals surface area contributed by atoms with Gasteiger partial charge in [0.2, 0.25) is 5.88 Å². The zero-order valence-electron chi connectivity index (χ0n) is 22.7. The van der Waals surface area contributed by atoms with Gasteiger partial charge in [0.25, 0.3) is 0 Å². The van der Waals surface area contributed by atoms with E-state index in [1.54, 1.807) is 20.4 Å². The second-order valence-corrected chi connectivity index (χ2v) is 10.5. The number of nitrogens with zero attached hydrogens (tertiary/aromatic N) is 6. The number of hydrogen-bond acceptors (Lipinski definition) is 6. The van der Waals surface area contributed by atoms with Crippen LogP contribution in [-0.4, -0.2) is 43.5 Å². The molecule has 0 saturated carbocycles. The minimum atomic E-state index is -0.0989. The summed E-state index contributed by atoms with van der Waals surface area (Å²) in [6, 6.07) is 20.4. The van der Waals surface area contributed by atoms with Gasteiger partial charge in [0.15, 0.2) is 5.65 Å². The quantitative estimate of drug-likeness (QED) is 0.256. The van der Waals surface area contributed by atoms with Crippen LogP contribution in [0.2, 0.25) is 0 Å². The van der Waals surface area contributed by atoms with Gasteiger partial charge in [-0.1, -0.05) is 18.2 Å². The first-order valence-corrected chi connectivity index (χ1v) is 12.8. The Morgan fingerprint density at radius 3 is 2.36 bits per heavy atom. The summed E-state index contributed by atoms with van der Waals surface area (Å²) < 4.78 is 14.9. The molecule has 4 heterocycles. The molecule has 39 heavy (non-hydrogen) atoms. The Hall–Kier alpha value is -4.72. The maximum Gasteiger partial charge on any atom is 0.213 e. The van der Waals surface area contributed by atoms with Gasteiger partial charge in [-0.05, 0) is 68.3 Å². The molecule has 0 aliphatic rings. The maximum atomic E-state index is 5.35. The predicted octanol–water partition coefficient (Wildman–Crippen LogP) is 6.33. The molecule has 0 unspecified atom stereocenters. The zero-order valence-corrected chi connectivity index (χ0v) is 22.7. The van der Waals surface area contributed by atoms with E-state index in [4.69, 9.17) is 19.6 Å². The van der Waals surface area contributed by atoms with Gasteiger partial charge in [-0.25, -0.2) is 19.6 Å². The van der Waals surface area contributed by atoms with Crippen molar-refractivity contribution in [2.45, 2.75) is 32.9 Å². The van der Waals surface area contributed by atoms with Crippen molar-refractivity contribution in [1.29, 1.82) is 0 Å². The highest BCUT2D eigenvalue weighted by molar-refractivity contribution is 5.95. The van der Waals surface area contributed by atoms with Crippen LogP contribution in [0.25, 0.3) is 44.5 Å². The van der Waals surface area contributed by atoms with Gasteiger partial charge in [-0.3, -0.25) is 0 Å². The van der Waals surface area contributed by atoms with Gasteiger partial charge in [0.05, 0.1) is 38.1 Å². The highest BCUT2D eigenvalue weighted by atomic mass is 16.5. The van der Waals surface area contributed by atoms with Crippen LogP contribution in [0.1, 0.15) is 26.3 Å². The molecule has 6 aromatic rings. The predicted molar refractivity (Wildman–Crippen MR) is 153 cm³/mol. The number of pyridine rings is 2. The molecular formula is C31H30N6O2. The van der Waals surface area contributed by atoms with Gasteiger partial charge in [-0.2, -0.15) is 5.10 Å². The normalized spacial score (nSPS) is 11.8. The van der Waals surface area contributed by atoms with Crippen molar-refractivity contribution < 1.29 is 9.47 Å². The molecule has 8 nitrogen and oxygen atoms in total. The molecule has 0 spiro atoms. The van der Waals surface area contributed by atoms with Crippen LogP contribution in [0.4, 0.5) is 0 Å². The molecule has 0 bridgehead atoms. The summed E-state index contributed by atoms with van der Waals surface area (Å²) in [6.45, 7) is 7.12. The third-order valence-corrected chi connectivity index (χ3v) is 6.90. The number of aromatic nitrogens is 6. The Kier molecular flexibility index (Phi) is 6.02. The van der Waals surface area contributed by atoms with E-state index < -0.39 is 0 Å². The van der Waals surface area contributed by atoms with Gasteiger partial charge in [0, 0.05) is 40.5 Å². The van der Waals surface area contributed by atoms with Crippen molar-refractivity contribution in [3.05, 3.63) is 84.9 Å². The van der Waals surface area contributed by atoms with Crippen molar-refractivity contribution >= 4 is 22.1 Å². The number of benzene rings is 2. The average Bonchev–Trinajstić information content (AvgIpc) is 3.54. The van der Waals surface area contributed by atoms with E-state index in [1.165, 1.54) is 0 Å². The standard InChI is InChI=1S/C31H30N6O2/c1-31(2,3)36-19-34-26-11-8-22(15-27(26)36)29-25-14-23(21-12-13-32-28(16-21)39-5)17-33-30(25)37(35-29)18-20-6-9-24(38-4)10-7-20/h6-17,19H,18H2,1-5H3. The van der Waals surface area contributed by atoms with Crippen molar-refractivity contribution in [1.82, 2.24) is 29.3 Å². The second-order valence-electron chi connectivity index (χ2n) is 10.5. The fourth-order valence-corrected chi connectivity index (χ4v) is 4.83. The minimum Gasteiger partial charge on any atom is -0.497 e. The van der Waals surface area contributed by atoms with Crippen LogP contribution in [0.3, 0.4) is 0 Å². The lowest BCUT2D eigenvalue weighted by Crippen LogP contribution is -2.20. The molecule has 0 amide bonds. The van der Waals surface area contributed by atoms with Gasteiger partial charge in [0.1, 0.15) is 11.4 Å². The van der Waals surface area contributed by atoms with E-state index >= 15 is 0 Å². The Morgan fingerprint density at radius 2 is 1.62 bits per heavy atom. The lowest BCUT2D eigenvalue weighted by molar-refractivity contribution is 0.398. The van der Waals surface area contributed by atoms with Crippen LogP contribution in [0.5, 0.6) is 11.6 Å². The number of ether oxygens (including phenoxy) is 2. The molecule has 0 atom stereocenters. The van der Waals surface area contributed by atoms with Crippen LogP contribution in [-0.2, 0) is 12.1 Å². The van der Waals surface area contributed by atoms with Crippen molar-refractivity contribution in [3.63, 3.8) is 0 Å². The molecule has 0 radical (unpaired) electrons. The number of hydrogen-bond donors (Lipinski definition) is 0. The van der Waals surface area contributed by atoms with Crippen molar-refractivity contribution in [2.24, 2.45) is 0 Å². The van der Waals surface area contributed by atoms with E-state index in [9.17, 15) is 0 Å². The Morgan fingerprint density at radius 1 is 0.795 bits per heavy atom.